The number of nitrogens with zero attached hydrogens (tertiary/aromatic N) is 5. The normalized spacial score (nSPS) is 11.0. The number of rotatable bonds is 5. The van der Waals surface area contributed by atoms with Crippen LogP contribution in [0.4, 0.5) is 5.95 Å². The van der Waals surface area contributed by atoms with E-state index in [1.807, 2.05) is 13.0 Å². The van der Waals surface area contributed by atoms with E-state index in [0.717, 1.165) is 28.1 Å². The summed E-state index contributed by atoms with van der Waals surface area (Å²) in [5, 5.41) is 8.18. The van der Waals surface area contributed by atoms with Crippen LogP contribution in [0.2, 0.25) is 0 Å². The van der Waals surface area contributed by atoms with Crippen molar-refractivity contribution in [2.75, 3.05) is 11.9 Å². The predicted molar refractivity (Wildman–Crippen MR) is 82.0 cm³/mol. The standard InChI is InChI=1S/C13H16N6OS/c1-4-5-14-12-16-10(20-13-15-7-19(3)18-13)9-6-8(2)21-11(9)17-12/h6-7H,4-5H2,1-3H3,(H,14,16,17). The van der Waals surface area contributed by atoms with Gasteiger partial charge < -0.3 is 10.1 Å². The van der Waals surface area contributed by atoms with Crippen molar-refractivity contribution < 1.29 is 4.74 Å². The molecule has 7 nitrogen and oxygen atoms in total. The Kier molecular flexibility index (Phi) is 3.70. The van der Waals surface area contributed by atoms with Crippen LogP contribution in [0.25, 0.3) is 10.2 Å². The summed E-state index contributed by atoms with van der Waals surface area (Å²) in [5.41, 5.74) is 0. The van der Waals surface area contributed by atoms with Gasteiger partial charge in [0.05, 0.1) is 5.39 Å². The lowest BCUT2D eigenvalue weighted by molar-refractivity contribution is 0.428. The first-order valence-corrected chi connectivity index (χ1v) is 7.53. The van der Waals surface area contributed by atoms with Crippen LogP contribution in [0.5, 0.6) is 11.9 Å². The van der Waals surface area contributed by atoms with E-state index in [4.69, 9.17) is 4.74 Å². The molecule has 0 spiro atoms. The maximum absolute atomic E-state index is 5.72. The van der Waals surface area contributed by atoms with Crippen molar-refractivity contribution in [3.05, 3.63) is 17.3 Å². The molecule has 0 atom stereocenters. The molecule has 0 aliphatic rings. The Morgan fingerprint density at radius 3 is 2.95 bits per heavy atom. The molecule has 3 aromatic rings. The fraction of sp³-hybridized carbons (Fsp3) is 0.385. The van der Waals surface area contributed by atoms with E-state index in [2.05, 4.69) is 32.3 Å². The largest absolute Gasteiger partial charge is 0.403 e. The molecule has 0 saturated heterocycles. The van der Waals surface area contributed by atoms with Gasteiger partial charge in [-0.3, -0.25) is 4.68 Å². The number of fused-ring (bicyclic) bond motifs is 1. The minimum Gasteiger partial charge on any atom is -0.403 e. The van der Waals surface area contributed by atoms with Gasteiger partial charge in [0.2, 0.25) is 11.8 Å². The van der Waals surface area contributed by atoms with Crippen molar-refractivity contribution in [2.24, 2.45) is 7.05 Å². The van der Waals surface area contributed by atoms with Gasteiger partial charge in [0.25, 0.3) is 0 Å². The number of anilines is 1. The van der Waals surface area contributed by atoms with E-state index in [0.29, 0.717) is 11.8 Å². The van der Waals surface area contributed by atoms with Crippen LogP contribution in [0.3, 0.4) is 0 Å². The molecule has 0 amide bonds. The summed E-state index contributed by atoms with van der Waals surface area (Å²) in [6, 6.07) is 2.30. The molecule has 3 aromatic heterocycles. The van der Waals surface area contributed by atoms with E-state index in [1.54, 1.807) is 29.4 Å². The first kappa shape index (κ1) is 13.7. The zero-order valence-electron chi connectivity index (χ0n) is 12.1. The summed E-state index contributed by atoms with van der Waals surface area (Å²) in [7, 11) is 1.79. The maximum Gasteiger partial charge on any atom is 0.342 e. The monoisotopic (exact) mass is 304 g/mol. The minimum atomic E-state index is 0.280. The van der Waals surface area contributed by atoms with Crippen LogP contribution in [-0.2, 0) is 7.05 Å². The van der Waals surface area contributed by atoms with E-state index >= 15 is 0 Å². The number of aromatic nitrogens is 5. The van der Waals surface area contributed by atoms with Crippen molar-refractivity contribution >= 4 is 27.5 Å². The van der Waals surface area contributed by atoms with Crippen LogP contribution < -0.4 is 10.1 Å². The molecule has 3 heterocycles. The Morgan fingerprint density at radius 2 is 2.24 bits per heavy atom. The lowest BCUT2D eigenvalue weighted by Gasteiger charge is -2.06. The highest BCUT2D eigenvalue weighted by Crippen LogP contribution is 2.32. The lowest BCUT2D eigenvalue weighted by Crippen LogP contribution is -2.05. The Labute approximate surface area is 126 Å². The third-order valence-corrected chi connectivity index (χ3v) is 3.72. The molecule has 0 fully saturated rings. The van der Waals surface area contributed by atoms with Gasteiger partial charge in [-0.2, -0.15) is 9.97 Å². The Morgan fingerprint density at radius 1 is 1.38 bits per heavy atom. The van der Waals surface area contributed by atoms with Crippen molar-refractivity contribution in [3.8, 4) is 11.9 Å². The third kappa shape index (κ3) is 2.94. The van der Waals surface area contributed by atoms with Gasteiger partial charge in [-0.25, -0.2) is 4.98 Å². The van der Waals surface area contributed by atoms with E-state index < -0.39 is 0 Å². The molecule has 0 unspecified atom stereocenters. The van der Waals surface area contributed by atoms with Crippen LogP contribution >= 0.6 is 11.3 Å². The van der Waals surface area contributed by atoms with Crippen LogP contribution in [0.1, 0.15) is 18.2 Å². The summed E-state index contributed by atoms with van der Waals surface area (Å²) >= 11 is 1.61. The zero-order valence-corrected chi connectivity index (χ0v) is 12.9. The molecule has 1 N–H and O–H groups in total. The molecule has 0 aliphatic carbocycles. The number of aryl methyl sites for hydroxylation is 2. The highest BCUT2D eigenvalue weighted by atomic mass is 32.1. The first-order valence-electron chi connectivity index (χ1n) is 6.71. The second-order valence-corrected chi connectivity index (χ2v) is 5.89. The zero-order chi connectivity index (χ0) is 14.8. The Balaban J connectivity index is 2.01. The topological polar surface area (TPSA) is 77.8 Å². The highest BCUT2D eigenvalue weighted by molar-refractivity contribution is 7.18. The summed E-state index contributed by atoms with van der Waals surface area (Å²) in [6.07, 6.45) is 2.59. The highest BCUT2D eigenvalue weighted by Gasteiger charge is 2.14. The molecular weight excluding hydrogens is 288 g/mol. The van der Waals surface area contributed by atoms with Gasteiger partial charge in [-0.05, 0) is 19.4 Å². The summed E-state index contributed by atoms with van der Waals surface area (Å²) in [5.74, 6) is 1.05. The Bertz CT molecular complexity index is 765. The van der Waals surface area contributed by atoms with Crippen LogP contribution in [0, 0.1) is 6.92 Å². The molecule has 0 bridgehead atoms. The fourth-order valence-corrected chi connectivity index (χ4v) is 2.73. The average molecular weight is 304 g/mol. The van der Waals surface area contributed by atoms with Crippen molar-refractivity contribution in [2.45, 2.75) is 20.3 Å². The lowest BCUT2D eigenvalue weighted by atomic mass is 10.3. The first-order chi connectivity index (χ1) is 10.2. The van der Waals surface area contributed by atoms with Crippen LogP contribution in [-0.4, -0.2) is 31.3 Å². The van der Waals surface area contributed by atoms with Crippen molar-refractivity contribution in [3.63, 3.8) is 0 Å². The van der Waals surface area contributed by atoms with E-state index in [1.165, 1.54) is 0 Å². The van der Waals surface area contributed by atoms with Gasteiger partial charge in [0, 0.05) is 18.5 Å². The SMILES string of the molecule is CCCNc1nc(Oc2ncn(C)n2)c2cc(C)sc2n1. The van der Waals surface area contributed by atoms with Crippen molar-refractivity contribution in [1.29, 1.82) is 0 Å². The summed E-state index contributed by atoms with van der Waals surface area (Å²) in [4.78, 5) is 15.1. The molecule has 8 heteroatoms. The third-order valence-electron chi connectivity index (χ3n) is 2.78. The molecule has 0 aromatic carbocycles. The molecule has 21 heavy (non-hydrogen) atoms. The number of ether oxygens (including phenoxy) is 1. The Hall–Kier alpha value is -2.22. The number of hydrogen-bond acceptors (Lipinski definition) is 7. The molecule has 0 aliphatic heterocycles. The minimum absolute atomic E-state index is 0.280. The predicted octanol–water partition coefficient (Wildman–Crippen LogP) is 2.74. The van der Waals surface area contributed by atoms with E-state index in [-0.39, 0.29) is 6.01 Å². The van der Waals surface area contributed by atoms with E-state index in [9.17, 15) is 0 Å². The van der Waals surface area contributed by atoms with Gasteiger partial charge in [-0.1, -0.05) is 6.92 Å². The van der Waals surface area contributed by atoms with Gasteiger partial charge >= 0.3 is 6.01 Å². The number of nitrogens with one attached hydrogen (secondary N) is 1. The maximum atomic E-state index is 5.72. The molecule has 110 valence electrons. The average Bonchev–Trinajstić information content (AvgIpc) is 3.01. The van der Waals surface area contributed by atoms with Gasteiger partial charge in [0.15, 0.2) is 0 Å². The summed E-state index contributed by atoms with van der Waals surface area (Å²) < 4.78 is 7.31. The number of thiophene rings is 1. The fourth-order valence-electron chi connectivity index (χ4n) is 1.86. The van der Waals surface area contributed by atoms with Crippen molar-refractivity contribution in [1.82, 2.24) is 24.7 Å². The number of hydrogen-bond donors (Lipinski definition) is 1. The smallest absolute Gasteiger partial charge is 0.342 e. The second-order valence-electron chi connectivity index (χ2n) is 4.66. The summed E-state index contributed by atoms with van der Waals surface area (Å²) in [6.45, 7) is 4.95. The molecule has 0 radical (unpaired) electrons. The van der Waals surface area contributed by atoms with Crippen LogP contribution in [0.15, 0.2) is 12.4 Å². The van der Waals surface area contributed by atoms with Gasteiger partial charge in [-0.15, -0.1) is 16.4 Å². The van der Waals surface area contributed by atoms with Gasteiger partial charge in [0.1, 0.15) is 11.2 Å². The second kappa shape index (κ2) is 5.65. The molecule has 3 rings (SSSR count). The molecule has 0 saturated carbocycles. The quantitative estimate of drug-likeness (QED) is 0.781. The molecular formula is C13H16N6OS.